The van der Waals surface area contributed by atoms with Crippen molar-refractivity contribution in [3.8, 4) is 0 Å². The summed E-state index contributed by atoms with van der Waals surface area (Å²) in [6, 6.07) is 4.19. The first-order valence-corrected chi connectivity index (χ1v) is 6.49. The third-order valence-electron chi connectivity index (χ3n) is 3.90. The third-order valence-corrected chi connectivity index (χ3v) is 3.90. The van der Waals surface area contributed by atoms with Crippen molar-refractivity contribution in [2.45, 2.75) is 38.8 Å². The van der Waals surface area contributed by atoms with Crippen LogP contribution in [0.1, 0.15) is 25.3 Å². The number of likely N-dealkylation sites (tertiary alicyclic amines) is 1. The highest BCUT2D eigenvalue weighted by Crippen LogP contribution is 2.26. The van der Waals surface area contributed by atoms with Crippen LogP contribution >= 0.6 is 0 Å². The fourth-order valence-corrected chi connectivity index (χ4v) is 2.46. The number of nitrogens with two attached hydrogens (primary N) is 1. The Labute approximate surface area is 108 Å². The Balaban J connectivity index is 2.08. The monoisotopic (exact) mass is 251 g/mol. The highest BCUT2D eigenvalue weighted by atomic mass is 19.1. The molecule has 0 aliphatic carbocycles. The number of anilines is 2. The molecule has 1 aliphatic rings. The molecule has 1 aromatic rings. The first kappa shape index (κ1) is 13.1. The van der Waals surface area contributed by atoms with Gasteiger partial charge < -0.3 is 16.0 Å². The van der Waals surface area contributed by atoms with Crippen molar-refractivity contribution < 1.29 is 4.39 Å². The van der Waals surface area contributed by atoms with Gasteiger partial charge in [-0.2, -0.15) is 0 Å². The fraction of sp³-hybridized carbons (Fsp3) is 0.571. The molecule has 0 spiro atoms. The molecular formula is C14H22FN3. The van der Waals surface area contributed by atoms with Crippen molar-refractivity contribution in [2.75, 3.05) is 24.6 Å². The Kier molecular flexibility index (Phi) is 3.76. The lowest BCUT2D eigenvalue weighted by molar-refractivity contribution is 0.190. The molecule has 1 aromatic carbocycles. The fourth-order valence-electron chi connectivity index (χ4n) is 2.46. The lowest BCUT2D eigenvalue weighted by Gasteiger charge is -2.36. The van der Waals surface area contributed by atoms with Crippen LogP contribution in [0.3, 0.4) is 0 Å². The zero-order valence-corrected chi connectivity index (χ0v) is 11.3. The summed E-state index contributed by atoms with van der Waals surface area (Å²) in [4.78, 5) is 2.36. The summed E-state index contributed by atoms with van der Waals surface area (Å²) in [5.41, 5.74) is 7.84. The molecule has 4 heteroatoms. The highest BCUT2D eigenvalue weighted by molar-refractivity contribution is 5.67. The normalized spacial score (nSPS) is 25.1. The van der Waals surface area contributed by atoms with E-state index in [1.54, 1.807) is 13.0 Å². The van der Waals surface area contributed by atoms with E-state index in [-0.39, 0.29) is 5.82 Å². The summed E-state index contributed by atoms with van der Waals surface area (Å²) >= 11 is 0. The molecule has 0 saturated carbocycles. The van der Waals surface area contributed by atoms with Gasteiger partial charge in [0.1, 0.15) is 5.82 Å². The summed E-state index contributed by atoms with van der Waals surface area (Å²) in [6.07, 6.45) is 2.18. The second kappa shape index (κ2) is 5.14. The zero-order chi connectivity index (χ0) is 13.3. The Morgan fingerprint density at radius 2 is 2.17 bits per heavy atom. The molecule has 0 aromatic heterocycles. The van der Waals surface area contributed by atoms with Crippen molar-refractivity contribution in [1.82, 2.24) is 4.90 Å². The Hall–Kier alpha value is -1.29. The highest BCUT2D eigenvalue weighted by Gasteiger charge is 2.23. The van der Waals surface area contributed by atoms with Crippen LogP contribution < -0.4 is 11.1 Å². The van der Waals surface area contributed by atoms with E-state index >= 15 is 0 Å². The second-order valence-corrected chi connectivity index (χ2v) is 5.38. The number of halogens is 1. The van der Waals surface area contributed by atoms with Crippen molar-refractivity contribution in [2.24, 2.45) is 0 Å². The second-order valence-electron chi connectivity index (χ2n) is 5.38. The van der Waals surface area contributed by atoms with Gasteiger partial charge in [0.25, 0.3) is 0 Å². The van der Waals surface area contributed by atoms with E-state index in [0.29, 0.717) is 23.3 Å². The van der Waals surface area contributed by atoms with Gasteiger partial charge in [0.2, 0.25) is 0 Å². The molecule has 0 amide bonds. The number of nitrogens with one attached hydrogen (secondary N) is 1. The summed E-state index contributed by atoms with van der Waals surface area (Å²) in [7, 11) is 2.15. The van der Waals surface area contributed by atoms with Crippen LogP contribution in [-0.2, 0) is 0 Å². The van der Waals surface area contributed by atoms with Crippen LogP contribution in [0.25, 0.3) is 0 Å². The molecule has 18 heavy (non-hydrogen) atoms. The first-order valence-electron chi connectivity index (χ1n) is 6.49. The molecule has 1 heterocycles. The largest absolute Gasteiger partial charge is 0.397 e. The van der Waals surface area contributed by atoms with E-state index in [9.17, 15) is 4.39 Å². The number of hydrogen-bond donors (Lipinski definition) is 2. The maximum atomic E-state index is 13.3. The van der Waals surface area contributed by atoms with Gasteiger partial charge in [-0.05, 0) is 51.4 Å². The molecule has 2 atom stereocenters. The van der Waals surface area contributed by atoms with Crippen molar-refractivity contribution in [1.29, 1.82) is 0 Å². The van der Waals surface area contributed by atoms with Gasteiger partial charge in [-0.3, -0.25) is 0 Å². The lowest BCUT2D eigenvalue weighted by atomic mass is 9.98. The lowest BCUT2D eigenvalue weighted by Crippen LogP contribution is -2.42. The van der Waals surface area contributed by atoms with Crippen molar-refractivity contribution >= 4 is 11.4 Å². The SMILES string of the molecule is Cc1cc(NC2CCN(C)C(C)C2)c(N)cc1F. The summed E-state index contributed by atoms with van der Waals surface area (Å²) < 4.78 is 13.3. The van der Waals surface area contributed by atoms with Gasteiger partial charge in [-0.1, -0.05) is 0 Å². The number of nitrogen functional groups attached to an aromatic ring is 1. The smallest absolute Gasteiger partial charge is 0.128 e. The quantitative estimate of drug-likeness (QED) is 0.794. The van der Waals surface area contributed by atoms with E-state index in [2.05, 4.69) is 24.2 Å². The minimum absolute atomic E-state index is 0.241. The third kappa shape index (κ3) is 2.75. The average molecular weight is 251 g/mol. The van der Waals surface area contributed by atoms with Crippen LogP contribution in [0.15, 0.2) is 12.1 Å². The Morgan fingerprint density at radius 3 is 2.83 bits per heavy atom. The predicted molar refractivity (Wildman–Crippen MR) is 74.3 cm³/mol. The minimum atomic E-state index is -0.241. The van der Waals surface area contributed by atoms with E-state index in [1.807, 2.05) is 0 Å². The molecule has 3 nitrogen and oxygen atoms in total. The predicted octanol–water partition coefficient (Wildman–Crippen LogP) is 2.61. The zero-order valence-electron chi connectivity index (χ0n) is 11.3. The van der Waals surface area contributed by atoms with Gasteiger partial charge in [0, 0.05) is 18.6 Å². The number of nitrogens with zero attached hydrogens (tertiary/aromatic N) is 1. The minimum Gasteiger partial charge on any atom is -0.397 e. The maximum absolute atomic E-state index is 13.3. The molecule has 3 N–H and O–H groups in total. The average Bonchev–Trinajstić information content (AvgIpc) is 2.31. The number of hydrogen-bond acceptors (Lipinski definition) is 3. The standard InChI is InChI=1S/C14H22FN3/c1-9-6-14(13(16)8-12(9)15)17-11-4-5-18(3)10(2)7-11/h6,8,10-11,17H,4-5,7,16H2,1-3H3. The first-order chi connectivity index (χ1) is 8.47. The van der Waals surface area contributed by atoms with Crippen molar-refractivity contribution in [3.63, 3.8) is 0 Å². The van der Waals surface area contributed by atoms with Gasteiger partial charge >= 0.3 is 0 Å². The van der Waals surface area contributed by atoms with E-state index in [4.69, 9.17) is 5.73 Å². The molecule has 100 valence electrons. The molecule has 0 radical (unpaired) electrons. The number of rotatable bonds is 2. The van der Waals surface area contributed by atoms with Gasteiger partial charge in [-0.15, -0.1) is 0 Å². The number of aryl methyl sites for hydroxylation is 1. The Bertz CT molecular complexity index is 433. The number of benzene rings is 1. The van der Waals surface area contributed by atoms with E-state index in [0.717, 1.165) is 25.1 Å². The topological polar surface area (TPSA) is 41.3 Å². The maximum Gasteiger partial charge on any atom is 0.128 e. The summed E-state index contributed by atoms with van der Waals surface area (Å²) in [5, 5.41) is 3.45. The van der Waals surface area contributed by atoms with Crippen LogP contribution in [0.2, 0.25) is 0 Å². The van der Waals surface area contributed by atoms with Crippen LogP contribution in [-0.4, -0.2) is 30.6 Å². The van der Waals surface area contributed by atoms with E-state index in [1.165, 1.54) is 6.07 Å². The van der Waals surface area contributed by atoms with Crippen molar-refractivity contribution in [3.05, 3.63) is 23.5 Å². The number of piperidine rings is 1. The summed E-state index contributed by atoms with van der Waals surface area (Å²) in [5.74, 6) is -0.241. The molecular weight excluding hydrogens is 229 g/mol. The molecule has 1 fully saturated rings. The van der Waals surface area contributed by atoms with Crippen LogP contribution in [0, 0.1) is 12.7 Å². The van der Waals surface area contributed by atoms with E-state index < -0.39 is 0 Å². The van der Waals surface area contributed by atoms with Gasteiger partial charge in [0.05, 0.1) is 11.4 Å². The van der Waals surface area contributed by atoms with Crippen LogP contribution in [0.5, 0.6) is 0 Å². The molecule has 2 unspecified atom stereocenters. The van der Waals surface area contributed by atoms with Gasteiger partial charge in [0.15, 0.2) is 0 Å². The molecule has 0 bridgehead atoms. The van der Waals surface area contributed by atoms with Gasteiger partial charge in [-0.25, -0.2) is 4.39 Å². The van der Waals surface area contributed by atoms with Crippen LogP contribution in [0.4, 0.5) is 15.8 Å². The summed E-state index contributed by atoms with van der Waals surface area (Å²) in [6.45, 7) is 5.07. The molecule has 1 aliphatic heterocycles. The Morgan fingerprint density at radius 1 is 1.44 bits per heavy atom. The molecule has 2 rings (SSSR count). The molecule has 1 saturated heterocycles.